The van der Waals surface area contributed by atoms with Gasteiger partial charge in [-0.3, -0.25) is 9.59 Å². The molecule has 0 bridgehead atoms. The van der Waals surface area contributed by atoms with E-state index in [1.54, 1.807) is 9.80 Å². The van der Waals surface area contributed by atoms with Gasteiger partial charge in [-0.1, -0.05) is 12.2 Å². The number of carbonyl (C=O) groups excluding carboxylic acids is 2. The zero-order valence-electron chi connectivity index (χ0n) is 9.82. The van der Waals surface area contributed by atoms with Crippen LogP contribution < -0.4 is 0 Å². The van der Waals surface area contributed by atoms with Crippen LogP contribution in [0.5, 0.6) is 0 Å². The summed E-state index contributed by atoms with van der Waals surface area (Å²) in [5.41, 5.74) is 0. The monoisotopic (exact) mass is 282 g/mol. The van der Waals surface area contributed by atoms with Crippen molar-refractivity contribution in [2.24, 2.45) is 0 Å². The van der Waals surface area contributed by atoms with Crippen molar-refractivity contribution in [1.29, 1.82) is 0 Å². The Kier molecular flexibility index (Phi) is 3.39. The molecule has 4 nitrogen and oxygen atoms in total. The van der Waals surface area contributed by atoms with E-state index in [9.17, 15) is 9.59 Å². The van der Waals surface area contributed by atoms with E-state index in [2.05, 4.69) is 0 Å². The van der Waals surface area contributed by atoms with Crippen LogP contribution in [0.15, 0.2) is 24.6 Å². The van der Waals surface area contributed by atoms with E-state index in [0.717, 1.165) is 24.3 Å². The molecular formula is C12H14N2O2S2. The van der Waals surface area contributed by atoms with Crippen LogP contribution in [-0.4, -0.2) is 43.9 Å². The fourth-order valence-corrected chi connectivity index (χ4v) is 4.14. The average molecular weight is 282 g/mol. The molecule has 6 heteroatoms. The summed E-state index contributed by atoms with van der Waals surface area (Å²) >= 11 is 3.67. The van der Waals surface area contributed by atoms with E-state index in [1.807, 2.05) is 48.1 Å². The van der Waals surface area contributed by atoms with E-state index in [-0.39, 0.29) is 11.8 Å². The summed E-state index contributed by atoms with van der Waals surface area (Å²) in [6.45, 7) is 0. The Balaban J connectivity index is 0.000000111. The Morgan fingerprint density at radius 2 is 1.33 bits per heavy atom. The van der Waals surface area contributed by atoms with Gasteiger partial charge in [-0.15, -0.1) is 23.5 Å². The molecule has 4 aliphatic rings. The van der Waals surface area contributed by atoms with Crippen molar-refractivity contribution in [3.8, 4) is 0 Å². The molecule has 2 unspecified atom stereocenters. The molecule has 0 N–H and O–H groups in total. The van der Waals surface area contributed by atoms with Crippen LogP contribution in [-0.2, 0) is 9.59 Å². The first kappa shape index (κ1) is 12.2. The maximum Gasteiger partial charge on any atom is 0.230 e. The summed E-state index contributed by atoms with van der Waals surface area (Å²) in [5.74, 6) is 2.66. The van der Waals surface area contributed by atoms with Crippen molar-refractivity contribution in [1.82, 2.24) is 9.80 Å². The summed E-state index contributed by atoms with van der Waals surface area (Å²) in [6, 6.07) is 0. The topological polar surface area (TPSA) is 40.6 Å². The molecule has 2 amide bonds. The molecule has 0 aromatic rings. The van der Waals surface area contributed by atoms with Crippen LogP contribution in [0.4, 0.5) is 0 Å². The van der Waals surface area contributed by atoms with E-state index in [0.29, 0.717) is 10.7 Å². The van der Waals surface area contributed by atoms with Gasteiger partial charge in [0, 0.05) is 23.9 Å². The summed E-state index contributed by atoms with van der Waals surface area (Å²) in [4.78, 5) is 25.1. The van der Waals surface area contributed by atoms with Crippen LogP contribution in [0.3, 0.4) is 0 Å². The standard InChI is InChI=1S/2C6H7NOS/c2*8-5-4-6-7(5)2-1-3-9-6/h2*1-2,6H,3-4H2. The predicted octanol–water partition coefficient (Wildman–Crippen LogP) is 1.61. The van der Waals surface area contributed by atoms with E-state index >= 15 is 0 Å². The van der Waals surface area contributed by atoms with Crippen LogP contribution in [0.2, 0.25) is 0 Å². The second-order valence-electron chi connectivity index (χ2n) is 4.36. The molecule has 0 aromatic carbocycles. The first-order valence-electron chi connectivity index (χ1n) is 5.94. The molecule has 4 rings (SSSR count). The number of fused-ring (bicyclic) bond motifs is 2. The van der Waals surface area contributed by atoms with Gasteiger partial charge in [-0.25, -0.2) is 0 Å². The van der Waals surface area contributed by atoms with Gasteiger partial charge in [0.25, 0.3) is 0 Å². The molecule has 0 spiro atoms. The second kappa shape index (κ2) is 5.01. The van der Waals surface area contributed by atoms with Gasteiger partial charge in [0.05, 0.1) is 23.6 Å². The lowest BCUT2D eigenvalue weighted by molar-refractivity contribution is -0.138. The molecule has 2 atom stereocenters. The lowest BCUT2D eigenvalue weighted by Gasteiger charge is -2.39. The number of hydrogen-bond acceptors (Lipinski definition) is 4. The number of β-lactam (4-membered cyclic amide) rings is 2. The minimum absolute atomic E-state index is 0.267. The zero-order valence-corrected chi connectivity index (χ0v) is 11.5. The van der Waals surface area contributed by atoms with Gasteiger partial charge in [0.2, 0.25) is 11.8 Å². The fraction of sp³-hybridized carbons (Fsp3) is 0.500. The largest absolute Gasteiger partial charge is 0.306 e. The highest BCUT2D eigenvalue weighted by atomic mass is 32.2. The van der Waals surface area contributed by atoms with Crippen molar-refractivity contribution in [2.45, 2.75) is 23.6 Å². The molecular weight excluding hydrogens is 268 g/mol. The minimum Gasteiger partial charge on any atom is -0.306 e. The Morgan fingerprint density at radius 1 is 0.889 bits per heavy atom. The third-order valence-electron chi connectivity index (χ3n) is 3.20. The van der Waals surface area contributed by atoms with Crippen molar-refractivity contribution in [3.05, 3.63) is 24.6 Å². The molecule has 4 heterocycles. The smallest absolute Gasteiger partial charge is 0.230 e. The maximum atomic E-state index is 10.7. The van der Waals surface area contributed by atoms with E-state index in [4.69, 9.17) is 0 Å². The maximum absolute atomic E-state index is 10.7. The summed E-state index contributed by atoms with van der Waals surface area (Å²) < 4.78 is 0. The van der Waals surface area contributed by atoms with Crippen molar-refractivity contribution < 1.29 is 9.59 Å². The lowest BCUT2D eigenvalue weighted by atomic mass is 10.2. The van der Waals surface area contributed by atoms with Crippen molar-refractivity contribution in [2.75, 3.05) is 11.5 Å². The van der Waals surface area contributed by atoms with Crippen LogP contribution >= 0.6 is 23.5 Å². The van der Waals surface area contributed by atoms with Gasteiger partial charge in [-0.05, 0) is 0 Å². The number of thioether (sulfide) groups is 2. The molecule has 4 aliphatic heterocycles. The molecule has 0 aromatic heterocycles. The molecule has 0 saturated carbocycles. The summed E-state index contributed by atoms with van der Waals surface area (Å²) in [7, 11) is 0. The highest BCUT2D eigenvalue weighted by Gasteiger charge is 2.36. The van der Waals surface area contributed by atoms with Gasteiger partial charge in [0.15, 0.2) is 0 Å². The van der Waals surface area contributed by atoms with E-state index < -0.39 is 0 Å². The average Bonchev–Trinajstić information content (AvgIpc) is 2.37. The summed E-state index contributed by atoms with van der Waals surface area (Å²) in [5, 5.41) is 0.949. The Morgan fingerprint density at radius 3 is 1.61 bits per heavy atom. The third kappa shape index (κ3) is 2.19. The van der Waals surface area contributed by atoms with Gasteiger partial charge >= 0.3 is 0 Å². The molecule has 0 radical (unpaired) electrons. The highest BCUT2D eigenvalue weighted by Crippen LogP contribution is 2.33. The van der Waals surface area contributed by atoms with Crippen molar-refractivity contribution >= 4 is 35.3 Å². The van der Waals surface area contributed by atoms with Gasteiger partial charge in [0.1, 0.15) is 0 Å². The second-order valence-corrected chi connectivity index (χ2v) is 6.78. The molecule has 18 heavy (non-hydrogen) atoms. The quantitative estimate of drug-likeness (QED) is 0.633. The van der Waals surface area contributed by atoms with Crippen LogP contribution in [0.25, 0.3) is 0 Å². The molecule has 0 aliphatic carbocycles. The number of nitrogens with zero attached hydrogens (tertiary/aromatic N) is 2. The number of carbonyl (C=O) groups is 2. The van der Waals surface area contributed by atoms with E-state index in [1.165, 1.54) is 0 Å². The normalized spacial score (nSPS) is 31.8. The van der Waals surface area contributed by atoms with Gasteiger partial charge < -0.3 is 9.80 Å². The Hall–Kier alpha value is -0.880. The molecule has 96 valence electrons. The third-order valence-corrected chi connectivity index (χ3v) is 5.52. The first-order valence-corrected chi connectivity index (χ1v) is 8.04. The predicted molar refractivity (Wildman–Crippen MR) is 73.7 cm³/mol. The number of rotatable bonds is 0. The molecule has 2 saturated heterocycles. The Bertz CT molecular complexity index is 396. The van der Waals surface area contributed by atoms with Gasteiger partial charge in [-0.2, -0.15) is 0 Å². The number of amides is 2. The molecule has 2 fully saturated rings. The van der Waals surface area contributed by atoms with Crippen LogP contribution in [0.1, 0.15) is 12.8 Å². The minimum atomic E-state index is 0.267. The lowest BCUT2D eigenvalue weighted by Crippen LogP contribution is -2.48. The zero-order chi connectivity index (χ0) is 12.5. The highest BCUT2D eigenvalue weighted by molar-refractivity contribution is 8.00. The Labute approximate surface area is 114 Å². The first-order chi connectivity index (χ1) is 8.75. The van der Waals surface area contributed by atoms with Crippen LogP contribution in [0, 0.1) is 0 Å². The SMILES string of the molecule is O=C1CC2SCC=CN12.O=C1CC2SCC=CN12. The fourth-order valence-electron chi connectivity index (χ4n) is 2.09. The van der Waals surface area contributed by atoms with Crippen molar-refractivity contribution in [3.63, 3.8) is 0 Å². The summed E-state index contributed by atoms with van der Waals surface area (Å²) in [6.07, 6.45) is 9.33. The number of hydrogen-bond donors (Lipinski definition) is 0.